The lowest BCUT2D eigenvalue weighted by atomic mass is 10.2. The van der Waals surface area contributed by atoms with E-state index in [1.54, 1.807) is 0 Å². The molecule has 0 atom stereocenters. The Morgan fingerprint density at radius 1 is 1.32 bits per heavy atom. The minimum atomic E-state index is -0.630. The van der Waals surface area contributed by atoms with Crippen LogP contribution in [0.25, 0.3) is 0 Å². The van der Waals surface area contributed by atoms with Crippen molar-refractivity contribution in [3.8, 4) is 5.75 Å². The SMILES string of the molecule is O=C(COc1c(F)cccc1Cl)c1cc(Cl)sc1Cl. The Morgan fingerprint density at radius 3 is 2.63 bits per heavy atom. The second-order valence-corrected chi connectivity index (χ2v) is 6.19. The number of hydrogen-bond acceptors (Lipinski definition) is 3. The van der Waals surface area contributed by atoms with Gasteiger partial charge in [0.2, 0.25) is 5.78 Å². The molecule has 2 aromatic rings. The molecule has 0 bridgehead atoms. The zero-order valence-electron chi connectivity index (χ0n) is 9.25. The van der Waals surface area contributed by atoms with Gasteiger partial charge >= 0.3 is 0 Å². The number of halogens is 4. The van der Waals surface area contributed by atoms with Crippen molar-refractivity contribution in [2.45, 2.75) is 0 Å². The van der Waals surface area contributed by atoms with Crippen LogP contribution in [0, 0.1) is 5.82 Å². The van der Waals surface area contributed by atoms with Crippen LogP contribution < -0.4 is 4.74 Å². The number of carbonyl (C=O) groups excluding carboxylic acids is 1. The highest BCUT2D eigenvalue weighted by atomic mass is 35.5. The zero-order chi connectivity index (χ0) is 14.0. The topological polar surface area (TPSA) is 26.3 Å². The second kappa shape index (κ2) is 6.09. The molecule has 19 heavy (non-hydrogen) atoms. The molecular formula is C12H6Cl3FO2S. The van der Waals surface area contributed by atoms with Gasteiger partial charge < -0.3 is 4.74 Å². The molecule has 2 nitrogen and oxygen atoms in total. The maximum atomic E-state index is 13.4. The van der Waals surface area contributed by atoms with Crippen molar-refractivity contribution in [2.24, 2.45) is 0 Å². The number of hydrogen-bond donors (Lipinski definition) is 0. The monoisotopic (exact) mass is 338 g/mol. The summed E-state index contributed by atoms with van der Waals surface area (Å²) < 4.78 is 19.2. The molecule has 1 aromatic heterocycles. The van der Waals surface area contributed by atoms with Gasteiger partial charge in [0.05, 0.1) is 14.9 Å². The summed E-state index contributed by atoms with van der Waals surface area (Å²) in [5.41, 5.74) is 0.254. The van der Waals surface area contributed by atoms with Gasteiger partial charge in [-0.3, -0.25) is 4.79 Å². The number of carbonyl (C=O) groups is 1. The third-order valence-electron chi connectivity index (χ3n) is 2.22. The summed E-state index contributed by atoms with van der Waals surface area (Å²) >= 11 is 18.4. The first-order valence-corrected chi connectivity index (χ1v) is 6.99. The highest BCUT2D eigenvalue weighted by Crippen LogP contribution is 2.32. The van der Waals surface area contributed by atoms with Gasteiger partial charge in [-0.2, -0.15) is 0 Å². The van der Waals surface area contributed by atoms with Gasteiger partial charge in [-0.1, -0.05) is 40.9 Å². The number of thiophene rings is 1. The summed E-state index contributed by atoms with van der Waals surface area (Å²) in [5.74, 6) is -1.18. The Balaban J connectivity index is 2.11. The number of benzene rings is 1. The van der Waals surface area contributed by atoms with Crippen LogP contribution in [-0.4, -0.2) is 12.4 Å². The van der Waals surface area contributed by atoms with Crippen LogP contribution in [0.4, 0.5) is 4.39 Å². The van der Waals surface area contributed by atoms with E-state index in [4.69, 9.17) is 39.5 Å². The van der Waals surface area contributed by atoms with Crippen molar-refractivity contribution in [3.63, 3.8) is 0 Å². The zero-order valence-corrected chi connectivity index (χ0v) is 12.3. The largest absolute Gasteiger partial charge is 0.481 e. The van der Waals surface area contributed by atoms with Crippen LogP contribution in [0.3, 0.4) is 0 Å². The minimum absolute atomic E-state index is 0.0993. The fourth-order valence-electron chi connectivity index (χ4n) is 1.37. The Morgan fingerprint density at radius 2 is 2.05 bits per heavy atom. The fourth-order valence-corrected chi connectivity index (χ4v) is 3.08. The third kappa shape index (κ3) is 3.39. The van der Waals surface area contributed by atoms with E-state index in [0.29, 0.717) is 4.34 Å². The molecule has 1 aromatic carbocycles. The van der Waals surface area contributed by atoms with Crippen molar-refractivity contribution >= 4 is 51.9 Å². The first-order chi connectivity index (χ1) is 8.99. The maximum absolute atomic E-state index is 13.4. The van der Waals surface area contributed by atoms with Crippen LogP contribution in [0.1, 0.15) is 10.4 Å². The molecule has 1 heterocycles. The van der Waals surface area contributed by atoms with Gasteiger partial charge in [-0.15, -0.1) is 11.3 Å². The van der Waals surface area contributed by atoms with E-state index < -0.39 is 11.6 Å². The summed E-state index contributed by atoms with van der Waals surface area (Å²) in [6, 6.07) is 5.56. The van der Waals surface area contributed by atoms with Crippen molar-refractivity contribution in [1.29, 1.82) is 0 Å². The van der Waals surface area contributed by atoms with Gasteiger partial charge in [-0.05, 0) is 18.2 Å². The summed E-state index contributed by atoms with van der Waals surface area (Å²) in [6.45, 7) is -0.368. The third-order valence-corrected chi connectivity index (χ3v) is 4.01. The maximum Gasteiger partial charge on any atom is 0.202 e. The lowest BCUT2D eigenvalue weighted by Gasteiger charge is -2.07. The lowest BCUT2D eigenvalue weighted by Crippen LogP contribution is -2.12. The van der Waals surface area contributed by atoms with Crippen molar-refractivity contribution in [1.82, 2.24) is 0 Å². The molecule has 0 unspecified atom stereocenters. The highest BCUT2D eigenvalue weighted by Gasteiger charge is 2.16. The molecule has 0 spiro atoms. The fraction of sp³-hybridized carbons (Fsp3) is 0.0833. The summed E-state index contributed by atoms with van der Waals surface area (Å²) in [5, 5.41) is 0.0993. The number of Topliss-reactive ketones (excluding diaryl/α,β-unsaturated/α-hetero) is 1. The van der Waals surface area contributed by atoms with Crippen LogP contribution in [-0.2, 0) is 0 Å². The predicted molar refractivity (Wildman–Crippen MR) is 75.6 cm³/mol. The van der Waals surface area contributed by atoms with E-state index in [-0.39, 0.29) is 27.3 Å². The normalized spacial score (nSPS) is 10.5. The molecule has 0 fully saturated rings. The van der Waals surface area contributed by atoms with E-state index in [1.165, 1.54) is 24.3 Å². The minimum Gasteiger partial charge on any atom is -0.481 e. The highest BCUT2D eigenvalue weighted by molar-refractivity contribution is 7.20. The van der Waals surface area contributed by atoms with Crippen LogP contribution >= 0.6 is 46.1 Å². The first kappa shape index (κ1) is 14.6. The lowest BCUT2D eigenvalue weighted by molar-refractivity contribution is 0.0919. The van der Waals surface area contributed by atoms with E-state index in [1.807, 2.05) is 0 Å². The average molecular weight is 340 g/mol. The van der Waals surface area contributed by atoms with Crippen LogP contribution in [0.2, 0.25) is 13.7 Å². The number of ketones is 1. The Bertz CT molecular complexity index is 607. The molecule has 0 saturated heterocycles. The van der Waals surface area contributed by atoms with E-state index in [0.717, 1.165) is 11.3 Å². The molecule has 0 aliphatic heterocycles. The second-order valence-electron chi connectivity index (χ2n) is 3.50. The standard InChI is InChI=1S/C12H6Cl3FO2S/c13-7-2-1-3-8(16)11(7)18-5-9(17)6-4-10(14)19-12(6)15/h1-4H,5H2. The quantitative estimate of drug-likeness (QED) is 0.724. The number of rotatable bonds is 4. The van der Waals surface area contributed by atoms with Crippen molar-refractivity contribution in [2.75, 3.05) is 6.61 Å². The average Bonchev–Trinajstić information content (AvgIpc) is 2.67. The molecule has 7 heteroatoms. The number of para-hydroxylation sites is 1. The van der Waals surface area contributed by atoms with E-state index in [2.05, 4.69) is 0 Å². The molecule has 2 rings (SSSR count). The molecular weight excluding hydrogens is 334 g/mol. The molecule has 100 valence electrons. The smallest absolute Gasteiger partial charge is 0.202 e. The summed E-state index contributed by atoms with van der Waals surface area (Å²) in [4.78, 5) is 11.8. The van der Waals surface area contributed by atoms with Gasteiger partial charge in [0.1, 0.15) is 4.34 Å². The molecule has 0 radical (unpaired) electrons. The van der Waals surface area contributed by atoms with E-state index in [9.17, 15) is 9.18 Å². The first-order valence-electron chi connectivity index (χ1n) is 5.04. The van der Waals surface area contributed by atoms with Gasteiger partial charge in [-0.25, -0.2) is 4.39 Å². The molecule has 0 N–H and O–H groups in total. The molecule has 0 aliphatic carbocycles. The van der Waals surface area contributed by atoms with Crippen molar-refractivity contribution in [3.05, 3.63) is 49.3 Å². The Hall–Kier alpha value is -0.810. The summed E-state index contributed by atoms with van der Waals surface area (Å²) in [6.07, 6.45) is 0. The van der Waals surface area contributed by atoms with Gasteiger partial charge in [0.25, 0.3) is 0 Å². The van der Waals surface area contributed by atoms with Gasteiger partial charge in [0, 0.05) is 0 Å². The summed E-state index contributed by atoms with van der Waals surface area (Å²) in [7, 11) is 0. The molecule has 0 saturated carbocycles. The molecule has 0 amide bonds. The molecule has 0 aliphatic rings. The number of ether oxygens (including phenoxy) is 1. The Kier molecular flexibility index (Phi) is 4.68. The predicted octanol–water partition coefficient (Wildman–Crippen LogP) is 5.11. The van der Waals surface area contributed by atoms with Crippen LogP contribution in [0.5, 0.6) is 5.75 Å². The van der Waals surface area contributed by atoms with Crippen molar-refractivity contribution < 1.29 is 13.9 Å². The van der Waals surface area contributed by atoms with E-state index >= 15 is 0 Å². The van der Waals surface area contributed by atoms with Crippen LogP contribution in [0.15, 0.2) is 24.3 Å². The Labute approximate surface area is 127 Å². The van der Waals surface area contributed by atoms with Gasteiger partial charge in [0.15, 0.2) is 18.2 Å².